The third kappa shape index (κ3) is 1.65. The number of hydrogen-bond donors (Lipinski definition) is 2. The molecule has 13 heavy (non-hydrogen) atoms. The second-order valence-corrected chi connectivity index (χ2v) is 3.05. The van der Waals surface area contributed by atoms with Crippen molar-refractivity contribution in [2.45, 2.75) is 5.66 Å². The number of furan rings is 1. The summed E-state index contributed by atoms with van der Waals surface area (Å²) in [5.41, 5.74) is 9.32. The Morgan fingerprint density at radius 2 is 2.08 bits per heavy atom. The minimum Gasteiger partial charge on any atom is -0.458 e. The van der Waals surface area contributed by atoms with E-state index in [9.17, 15) is 4.79 Å². The summed E-state index contributed by atoms with van der Waals surface area (Å²) >= 11 is 5.18. The first kappa shape index (κ1) is 9.98. The van der Waals surface area contributed by atoms with Crippen molar-refractivity contribution in [2.24, 2.45) is 11.5 Å². The largest absolute Gasteiger partial charge is 0.458 e. The molecule has 1 heterocycles. The lowest BCUT2D eigenvalue weighted by Crippen LogP contribution is -2.51. The van der Waals surface area contributed by atoms with Crippen LogP contribution in [0.25, 0.3) is 13.2 Å². The summed E-state index contributed by atoms with van der Waals surface area (Å²) in [6, 6.07) is 1.43. The summed E-state index contributed by atoms with van der Waals surface area (Å²) in [7, 11) is 0. The number of carbonyl (C=O) groups excluding carboxylic acids is 1. The third-order valence-corrected chi connectivity index (χ3v) is 1.94. The fraction of sp³-hybridized carbons (Fsp3) is 0.125. The zero-order valence-corrected chi connectivity index (χ0v) is 7.60. The van der Waals surface area contributed by atoms with Crippen LogP contribution in [0.5, 0.6) is 0 Å². The topological polar surface area (TPSA) is 82.2 Å². The van der Waals surface area contributed by atoms with Crippen LogP contribution in [0.1, 0.15) is 5.76 Å². The Hall–Kier alpha value is -1.10. The summed E-state index contributed by atoms with van der Waals surface area (Å²) in [5.74, 6) is 0.0579. The molecule has 0 saturated carbocycles. The zero-order valence-electron chi connectivity index (χ0n) is 6.84. The Balaban J connectivity index is 3.31. The molecular formula is C8H9ClN2O2. The molecule has 0 aliphatic rings. The number of hydrogen-bond acceptors (Lipinski definition) is 4. The van der Waals surface area contributed by atoms with Gasteiger partial charge < -0.3 is 4.42 Å². The maximum atomic E-state index is 10.8. The lowest BCUT2D eigenvalue weighted by atomic mass is 10.1. The molecule has 0 spiro atoms. The van der Waals surface area contributed by atoms with E-state index in [0.29, 0.717) is 10.6 Å². The van der Waals surface area contributed by atoms with E-state index in [1.165, 1.54) is 6.07 Å². The minimum atomic E-state index is -1.82. The maximum absolute atomic E-state index is 10.8. The second-order valence-electron chi connectivity index (χ2n) is 2.70. The molecule has 0 aliphatic heterocycles. The average molecular weight is 201 g/mol. The molecular weight excluding hydrogens is 192 g/mol. The number of halogens is 1. The standard InChI is InChI=1S/C8H9ClN2O2/c1-4-3-6(13-5(4)2)8(10,11)7(9)12/h3H,1-2,10-11H2. The molecule has 0 bridgehead atoms. The predicted molar refractivity (Wildman–Crippen MR) is 49.9 cm³/mol. The Morgan fingerprint density at radius 3 is 2.38 bits per heavy atom. The first-order chi connectivity index (χ1) is 5.85. The number of carbonyl (C=O) groups is 1. The molecule has 1 aromatic rings. The van der Waals surface area contributed by atoms with Gasteiger partial charge in [-0.05, 0) is 17.7 Å². The van der Waals surface area contributed by atoms with Crippen LogP contribution in [0.4, 0.5) is 0 Å². The van der Waals surface area contributed by atoms with Crippen LogP contribution in [0, 0.1) is 0 Å². The highest BCUT2D eigenvalue weighted by Gasteiger charge is 2.33. The Morgan fingerprint density at radius 1 is 1.54 bits per heavy atom. The Labute approximate surface area is 79.5 Å². The lowest BCUT2D eigenvalue weighted by molar-refractivity contribution is -0.117. The third-order valence-electron chi connectivity index (χ3n) is 1.63. The fourth-order valence-corrected chi connectivity index (χ4v) is 0.860. The van der Waals surface area contributed by atoms with Crippen molar-refractivity contribution in [3.8, 4) is 0 Å². The summed E-state index contributed by atoms with van der Waals surface area (Å²) in [4.78, 5) is 10.8. The van der Waals surface area contributed by atoms with Gasteiger partial charge in [-0.15, -0.1) is 0 Å². The van der Waals surface area contributed by atoms with Crippen molar-refractivity contribution in [1.82, 2.24) is 0 Å². The quantitative estimate of drug-likeness (QED) is 0.471. The molecule has 0 aliphatic carbocycles. The van der Waals surface area contributed by atoms with Gasteiger partial charge in [-0.25, -0.2) is 0 Å². The summed E-state index contributed by atoms with van der Waals surface area (Å²) in [5, 5.41) is -0.380. The average Bonchev–Trinajstić information content (AvgIpc) is 2.32. The molecule has 0 atom stereocenters. The number of rotatable bonds is 2. The van der Waals surface area contributed by atoms with Crippen molar-refractivity contribution < 1.29 is 9.21 Å². The van der Waals surface area contributed by atoms with Crippen LogP contribution in [0.15, 0.2) is 10.5 Å². The van der Waals surface area contributed by atoms with Gasteiger partial charge in [-0.2, -0.15) is 0 Å². The van der Waals surface area contributed by atoms with Gasteiger partial charge in [-0.1, -0.05) is 13.2 Å². The zero-order chi connectivity index (χ0) is 10.2. The van der Waals surface area contributed by atoms with E-state index in [2.05, 4.69) is 13.2 Å². The van der Waals surface area contributed by atoms with Gasteiger partial charge in [0.15, 0.2) is 5.66 Å². The van der Waals surface area contributed by atoms with Crippen LogP contribution in [0.2, 0.25) is 0 Å². The van der Waals surface area contributed by atoms with E-state index >= 15 is 0 Å². The maximum Gasteiger partial charge on any atom is 0.264 e. The summed E-state index contributed by atoms with van der Waals surface area (Å²) in [6.45, 7) is 7.11. The lowest BCUT2D eigenvalue weighted by Gasteiger charge is -2.15. The summed E-state index contributed by atoms with van der Waals surface area (Å²) < 4.78 is 5.01. The minimum absolute atomic E-state index is 0.0579. The molecule has 0 unspecified atom stereocenters. The molecule has 1 aromatic heterocycles. The highest BCUT2D eigenvalue weighted by molar-refractivity contribution is 6.65. The molecule has 4 N–H and O–H groups in total. The Bertz CT molecular complexity index is 408. The molecule has 1 rings (SSSR count). The van der Waals surface area contributed by atoms with E-state index in [1.54, 1.807) is 0 Å². The second kappa shape index (κ2) is 2.99. The van der Waals surface area contributed by atoms with Crippen LogP contribution < -0.4 is 22.1 Å². The Kier molecular flexibility index (Phi) is 2.30. The molecule has 0 amide bonds. The van der Waals surface area contributed by atoms with Crippen LogP contribution in [-0.4, -0.2) is 5.24 Å². The number of nitrogens with two attached hydrogens (primary N) is 2. The van der Waals surface area contributed by atoms with Gasteiger partial charge in [0.1, 0.15) is 11.2 Å². The van der Waals surface area contributed by atoms with E-state index < -0.39 is 10.9 Å². The molecule has 0 saturated heterocycles. The molecule has 0 radical (unpaired) electrons. The first-order valence-electron chi connectivity index (χ1n) is 3.41. The summed E-state index contributed by atoms with van der Waals surface area (Å²) in [6.07, 6.45) is 0. The smallest absolute Gasteiger partial charge is 0.264 e. The van der Waals surface area contributed by atoms with Crippen molar-refractivity contribution in [3.63, 3.8) is 0 Å². The van der Waals surface area contributed by atoms with Gasteiger partial charge >= 0.3 is 0 Å². The monoisotopic (exact) mass is 200 g/mol. The van der Waals surface area contributed by atoms with Gasteiger partial charge in [0, 0.05) is 5.22 Å². The highest BCUT2D eigenvalue weighted by atomic mass is 35.5. The predicted octanol–water partition coefficient (Wildman–Crippen LogP) is -1.06. The van der Waals surface area contributed by atoms with E-state index in [1.807, 2.05) is 0 Å². The SMILES string of the molecule is C=c1cc(C(N)(N)C(=O)Cl)oc1=C. The van der Waals surface area contributed by atoms with Gasteiger partial charge in [0.05, 0.1) is 0 Å². The van der Waals surface area contributed by atoms with Crippen molar-refractivity contribution >= 4 is 30.0 Å². The van der Waals surface area contributed by atoms with Crippen LogP contribution in [0.3, 0.4) is 0 Å². The van der Waals surface area contributed by atoms with Gasteiger partial charge in [0.2, 0.25) is 0 Å². The van der Waals surface area contributed by atoms with Crippen molar-refractivity contribution in [3.05, 3.63) is 22.5 Å². The molecule has 0 aromatic carbocycles. The van der Waals surface area contributed by atoms with E-state index in [0.717, 1.165) is 0 Å². The highest BCUT2D eigenvalue weighted by Crippen LogP contribution is 2.11. The van der Waals surface area contributed by atoms with Crippen molar-refractivity contribution in [1.29, 1.82) is 0 Å². The molecule has 5 heteroatoms. The van der Waals surface area contributed by atoms with E-state index in [-0.39, 0.29) is 5.76 Å². The molecule has 0 fully saturated rings. The molecule has 4 nitrogen and oxygen atoms in total. The first-order valence-corrected chi connectivity index (χ1v) is 3.79. The van der Waals surface area contributed by atoms with Crippen molar-refractivity contribution in [2.75, 3.05) is 0 Å². The molecule has 70 valence electrons. The van der Waals surface area contributed by atoms with Crippen LogP contribution >= 0.6 is 11.6 Å². The van der Waals surface area contributed by atoms with Gasteiger partial charge in [0.25, 0.3) is 5.24 Å². The van der Waals surface area contributed by atoms with Gasteiger partial charge in [-0.3, -0.25) is 16.3 Å². The normalized spacial score (nSPS) is 11.6. The van der Waals surface area contributed by atoms with Crippen LogP contribution in [-0.2, 0) is 10.5 Å². The van der Waals surface area contributed by atoms with E-state index in [4.69, 9.17) is 27.5 Å². The fourth-order valence-electron chi connectivity index (χ4n) is 0.767.